The fourth-order valence-corrected chi connectivity index (χ4v) is 1.70. The van der Waals surface area contributed by atoms with Crippen molar-refractivity contribution in [1.82, 2.24) is 0 Å². The summed E-state index contributed by atoms with van der Waals surface area (Å²) >= 11 is 0. The van der Waals surface area contributed by atoms with E-state index in [1.165, 1.54) is 0 Å². The lowest BCUT2D eigenvalue weighted by atomic mass is 9.83. The highest BCUT2D eigenvalue weighted by atomic mass is 35.5. The monoisotopic (exact) mass is 329 g/mol. The minimum Gasteiger partial charge on any atom is -0.388 e. The van der Waals surface area contributed by atoms with Crippen LogP contribution in [0.3, 0.4) is 0 Å². The summed E-state index contributed by atoms with van der Waals surface area (Å²) in [6.07, 6.45) is -5.96. The standard InChI is InChI=1S/C14H19F4NO.ClH/c1-13(2,3)12(19)7-11(20)9-6-8(14(16,17)18)4-5-10(9)15;/h4-6,11-12,20H,7,19H2,1-3H3;1H/t11-,12+;/m0./s1. The van der Waals surface area contributed by atoms with E-state index in [2.05, 4.69) is 0 Å². The van der Waals surface area contributed by atoms with Crippen LogP contribution in [0.25, 0.3) is 0 Å². The molecule has 0 saturated carbocycles. The molecule has 0 fully saturated rings. The quantitative estimate of drug-likeness (QED) is 0.821. The zero-order valence-electron chi connectivity index (χ0n) is 12.0. The number of nitrogens with two attached hydrogens (primary N) is 1. The summed E-state index contributed by atoms with van der Waals surface area (Å²) in [5.41, 5.74) is 4.16. The highest BCUT2D eigenvalue weighted by Gasteiger charge is 2.32. The van der Waals surface area contributed by atoms with Crippen molar-refractivity contribution in [3.63, 3.8) is 0 Å². The van der Waals surface area contributed by atoms with Crippen LogP contribution in [-0.2, 0) is 6.18 Å². The van der Waals surface area contributed by atoms with Crippen LogP contribution >= 0.6 is 12.4 Å². The minimum atomic E-state index is -4.58. The first-order chi connectivity index (χ1) is 8.93. The maximum atomic E-state index is 13.6. The normalized spacial score (nSPS) is 15.3. The molecule has 0 bridgehead atoms. The van der Waals surface area contributed by atoms with Gasteiger partial charge in [-0.1, -0.05) is 20.8 Å². The van der Waals surface area contributed by atoms with Gasteiger partial charge in [0.25, 0.3) is 0 Å². The Kier molecular flexibility index (Phi) is 6.66. The van der Waals surface area contributed by atoms with E-state index in [-0.39, 0.29) is 29.8 Å². The Morgan fingerprint density at radius 3 is 2.14 bits per heavy atom. The maximum absolute atomic E-state index is 13.6. The molecule has 0 radical (unpaired) electrons. The highest BCUT2D eigenvalue weighted by molar-refractivity contribution is 5.85. The highest BCUT2D eigenvalue weighted by Crippen LogP contribution is 2.33. The van der Waals surface area contributed by atoms with Crippen LogP contribution < -0.4 is 5.73 Å². The fourth-order valence-electron chi connectivity index (χ4n) is 1.70. The Labute approximate surface area is 127 Å². The molecule has 2 atom stereocenters. The van der Waals surface area contributed by atoms with Crippen LogP contribution in [0.1, 0.15) is 44.4 Å². The summed E-state index contributed by atoms with van der Waals surface area (Å²) in [6.45, 7) is 5.52. The predicted molar refractivity (Wildman–Crippen MR) is 75.7 cm³/mol. The van der Waals surface area contributed by atoms with Gasteiger partial charge in [0.15, 0.2) is 0 Å². The molecule has 0 amide bonds. The van der Waals surface area contributed by atoms with Gasteiger partial charge in [0.05, 0.1) is 11.7 Å². The number of alkyl halides is 3. The number of rotatable bonds is 3. The maximum Gasteiger partial charge on any atom is 0.416 e. The molecule has 3 N–H and O–H groups in total. The summed E-state index contributed by atoms with van der Waals surface area (Å²) in [4.78, 5) is 0. The van der Waals surface area contributed by atoms with Crippen molar-refractivity contribution >= 4 is 12.4 Å². The molecule has 1 aromatic carbocycles. The molecule has 0 aliphatic heterocycles. The van der Waals surface area contributed by atoms with E-state index in [0.717, 1.165) is 0 Å². The van der Waals surface area contributed by atoms with Crippen LogP contribution in [-0.4, -0.2) is 11.1 Å². The van der Waals surface area contributed by atoms with Gasteiger partial charge < -0.3 is 10.8 Å². The lowest BCUT2D eigenvalue weighted by Crippen LogP contribution is -2.36. The molecule has 122 valence electrons. The molecule has 7 heteroatoms. The first-order valence-corrected chi connectivity index (χ1v) is 6.23. The number of aliphatic hydroxyl groups excluding tert-OH is 1. The average molecular weight is 330 g/mol. The minimum absolute atomic E-state index is 0. The second-order valence-electron chi connectivity index (χ2n) is 5.96. The first-order valence-electron chi connectivity index (χ1n) is 6.23. The topological polar surface area (TPSA) is 46.2 Å². The van der Waals surface area contributed by atoms with Crippen LogP contribution in [0.4, 0.5) is 17.6 Å². The first kappa shape index (κ1) is 20.1. The largest absolute Gasteiger partial charge is 0.416 e. The van der Waals surface area contributed by atoms with E-state index in [4.69, 9.17) is 5.73 Å². The third kappa shape index (κ3) is 5.45. The molecule has 0 unspecified atom stereocenters. The van der Waals surface area contributed by atoms with Crippen molar-refractivity contribution in [1.29, 1.82) is 0 Å². The zero-order valence-corrected chi connectivity index (χ0v) is 12.9. The fraction of sp³-hybridized carbons (Fsp3) is 0.571. The van der Waals surface area contributed by atoms with E-state index in [1.807, 2.05) is 20.8 Å². The van der Waals surface area contributed by atoms with Gasteiger partial charge in [-0.2, -0.15) is 13.2 Å². The van der Waals surface area contributed by atoms with Gasteiger partial charge in [-0.3, -0.25) is 0 Å². The molecular weight excluding hydrogens is 310 g/mol. The van der Waals surface area contributed by atoms with Crippen LogP contribution in [0, 0.1) is 11.2 Å². The summed E-state index contributed by atoms with van der Waals surface area (Å²) in [5.74, 6) is -0.869. The van der Waals surface area contributed by atoms with Gasteiger partial charge in [-0.05, 0) is 30.0 Å². The van der Waals surface area contributed by atoms with Crippen LogP contribution in [0.5, 0.6) is 0 Å². The van der Waals surface area contributed by atoms with Gasteiger partial charge in [-0.15, -0.1) is 12.4 Å². The lowest BCUT2D eigenvalue weighted by Gasteiger charge is -2.29. The zero-order chi connectivity index (χ0) is 15.7. The SMILES string of the molecule is CC(C)(C)[C@H](N)C[C@H](O)c1cc(C(F)(F)F)ccc1F.Cl. The Morgan fingerprint density at radius 1 is 1.19 bits per heavy atom. The van der Waals surface area contributed by atoms with Crippen molar-refractivity contribution in [2.45, 2.75) is 45.5 Å². The Bertz CT molecular complexity index is 471. The summed E-state index contributed by atoms with van der Waals surface area (Å²) in [5, 5.41) is 9.94. The van der Waals surface area contributed by atoms with Crippen molar-refractivity contribution < 1.29 is 22.7 Å². The van der Waals surface area contributed by atoms with E-state index in [0.29, 0.717) is 18.2 Å². The van der Waals surface area contributed by atoms with Gasteiger partial charge in [-0.25, -0.2) is 4.39 Å². The number of hydrogen-bond acceptors (Lipinski definition) is 2. The predicted octanol–water partition coefficient (Wildman–Crippen LogP) is 4.06. The summed E-state index contributed by atoms with van der Waals surface area (Å²) in [7, 11) is 0. The molecule has 0 aliphatic carbocycles. The van der Waals surface area contributed by atoms with E-state index in [9.17, 15) is 22.7 Å². The van der Waals surface area contributed by atoms with E-state index < -0.39 is 29.7 Å². The molecule has 1 aromatic rings. The third-order valence-electron chi connectivity index (χ3n) is 3.27. The van der Waals surface area contributed by atoms with Gasteiger partial charge in [0.1, 0.15) is 5.82 Å². The second-order valence-corrected chi connectivity index (χ2v) is 5.96. The van der Waals surface area contributed by atoms with Gasteiger partial charge >= 0.3 is 6.18 Å². The molecule has 21 heavy (non-hydrogen) atoms. The van der Waals surface area contributed by atoms with Gasteiger partial charge in [0.2, 0.25) is 0 Å². The van der Waals surface area contributed by atoms with Crippen molar-refractivity contribution in [2.75, 3.05) is 0 Å². The molecule has 2 nitrogen and oxygen atoms in total. The second kappa shape index (κ2) is 6.94. The molecular formula is C14H20ClF4NO. The number of aliphatic hydroxyl groups is 1. The van der Waals surface area contributed by atoms with Crippen LogP contribution in [0.2, 0.25) is 0 Å². The summed E-state index contributed by atoms with van der Waals surface area (Å²) in [6, 6.07) is 1.53. The van der Waals surface area contributed by atoms with Crippen LogP contribution in [0.15, 0.2) is 18.2 Å². The van der Waals surface area contributed by atoms with Crippen molar-refractivity contribution in [3.05, 3.63) is 35.1 Å². The third-order valence-corrected chi connectivity index (χ3v) is 3.27. The molecule has 0 spiro atoms. The molecule has 0 saturated heterocycles. The summed E-state index contributed by atoms with van der Waals surface area (Å²) < 4.78 is 51.3. The molecule has 0 aliphatic rings. The lowest BCUT2D eigenvalue weighted by molar-refractivity contribution is -0.137. The average Bonchev–Trinajstić information content (AvgIpc) is 2.26. The van der Waals surface area contributed by atoms with Crippen molar-refractivity contribution in [2.24, 2.45) is 11.1 Å². The van der Waals surface area contributed by atoms with Gasteiger partial charge in [0, 0.05) is 11.6 Å². The van der Waals surface area contributed by atoms with Crippen molar-refractivity contribution in [3.8, 4) is 0 Å². The Morgan fingerprint density at radius 2 is 1.71 bits per heavy atom. The van der Waals surface area contributed by atoms with E-state index in [1.54, 1.807) is 0 Å². The van der Waals surface area contributed by atoms with E-state index >= 15 is 0 Å². The molecule has 1 rings (SSSR count). The Balaban J connectivity index is 0.00000400. The smallest absolute Gasteiger partial charge is 0.388 e. The number of hydrogen-bond donors (Lipinski definition) is 2. The molecule has 0 aromatic heterocycles. The molecule has 0 heterocycles. The number of benzene rings is 1. The Hall–Kier alpha value is -0.850. The number of halogens is 5.